The minimum Gasteiger partial charge on any atom is -0.439 e. The Morgan fingerprint density at radius 1 is 1.20 bits per heavy atom. The molecular weight excluding hydrogens is 278 g/mol. The zero-order valence-corrected chi connectivity index (χ0v) is 12.0. The van der Waals surface area contributed by atoms with E-state index in [4.69, 9.17) is 4.74 Å². The summed E-state index contributed by atoms with van der Waals surface area (Å²) in [7, 11) is -3.23. The predicted molar refractivity (Wildman–Crippen MR) is 74.5 cm³/mol. The van der Waals surface area contributed by atoms with E-state index in [0.29, 0.717) is 17.2 Å². The maximum Gasteiger partial charge on any atom is 0.225 e. The van der Waals surface area contributed by atoms with Crippen LogP contribution in [0.25, 0.3) is 0 Å². The molecule has 0 fully saturated rings. The average molecular weight is 293 g/mol. The van der Waals surface area contributed by atoms with Gasteiger partial charge in [0.05, 0.1) is 11.0 Å². The van der Waals surface area contributed by atoms with E-state index in [1.165, 1.54) is 12.1 Å². The largest absolute Gasteiger partial charge is 0.439 e. The molecule has 0 aliphatic rings. The molecular formula is C14H15NO4S. The highest BCUT2D eigenvalue weighted by Crippen LogP contribution is 2.27. The van der Waals surface area contributed by atoms with Crippen molar-refractivity contribution in [3.63, 3.8) is 0 Å². The van der Waals surface area contributed by atoms with E-state index in [1.807, 2.05) is 0 Å². The zero-order chi connectivity index (χ0) is 14.8. The van der Waals surface area contributed by atoms with Gasteiger partial charge in [0.1, 0.15) is 5.75 Å². The first kappa shape index (κ1) is 14.5. The van der Waals surface area contributed by atoms with Crippen molar-refractivity contribution in [2.45, 2.75) is 17.9 Å². The van der Waals surface area contributed by atoms with Crippen LogP contribution in [0.5, 0.6) is 11.6 Å². The molecule has 0 spiro atoms. The van der Waals surface area contributed by atoms with E-state index in [9.17, 15) is 13.5 Å². The lowest BCUT2D eigenvalue weighted by Crippen LogP contribution is -1.99. The van der Waals surface area contributed by atoms with Gasteiger partial charge in [-0.05, 0) is 43.3 Å². The number of hydrogen-bond acceptors (Lipinski definition) is 5. The number of aliphatic hydroxyl groups is 1. The Morgan fingerprint density at radius 2 is 1.85 bits per heavy atom. The Morgan fingerprint density at radius 3 is 2.40 bits per heavy atom. The van der Waals surface area contributed by atoms with E-state index in [-0.39, 0.29) is 4.90 Å². The quantitative estimate of drug-likeness (QED) is 0.936. The van der Waals surface area contributed by atoms with Gasteiger partial charge in [0.2, 0.25) is 5.88 Å². The van der Waals surface area contributed by atoms with E-state index in [0.717, 1.165) is 6.26 Å². The summed E-state index contributed by atoms with van der Waals surface area (Å²) in [4.78, 5) is 4.29. The predicted octanol–water partition coefficient (Wildman–Crippen LogP) is 2.33. The van der Waals surface area contributed by atoms with E-state index in [1.54, 1.807) is 37.4 Å². The highest BCUT2D eigenvalue weighted by Gasteiger charge is 2.11. The summed E-state index contributed by atoms with van der Waals surface area (Å²) in [5, 5.41) is 9.63. The van der Waals surface area contributed by atoms with E-state index in [2.05, 4.69) is 4.98 Å². The van der Waals surface area contributed by atoms with Crippen LogP contribution in [0.15, 0.2) is 47.5 Å². The molecule has 0 aliphatic heterocycles. The van der Waals surface area contributed by atoms with Gasteiger partial charge in [-0.25, -0.2) is 13.4 Å². The van der Waals surface area contributed by atoms with Crippen LogP contribution in [-0.4, -0.2) is 24.8 Å². The standard InChI is InChI=1S/C14H15NO4S/c1-10(16)13-4-3-9-15-14(13)19-11-5-7-12(8-6-11)20(2,17)18/h3-10,16H,1-2H3. The first-order valence-electron chi connectivity index (χ1n) is 5.99. The van der Waals surface area contributed by atoms with Crippen molar-refractivity contribution in [3.05, 3.63) is 48.2 Å². The molecule has 0 saturated heterocycles. The van der Waals surface area contributed by atoms with E-state index >= 15 is 0 Å². The summed E-state index contributed by atoms with van der Waals surface area (Å²) in [5.41, 5.74) is 0.569. The first-order chi connectivity index (χ1) is 9.38. The van der Waals surface area contributed by atoms with Crippen LogP contribution >= 0.6 is 0 Å². The molecule has 0 radical (unpaired) electrons. The highest BCUT2D eigenvalue weighted by molar-refractivity contribution is 7.90. The van der Waals surface area contributed by atoms with Crippen LogP contribution < -0.4 is 4.74 Å². The SMILES string of the molecule is CC(O)c1cccnc1Oc1ccc(S(C)(=O)=O)cc1. The Balaban J connectivity index is 2.27. The smallest absolute Gasteiger partial charge is 0.225 e. The summed E-state index contributed by atoms with van der Waals surface area (Å²) in [6, 6.07) is 9.47. The van der Waals surface area contributed by atoms with Crippen LogP contribution in [0, 0.1) is 0 Å². The maximum absolute atomic E-state index is 11.4. The first-order valence-corrected chi connectivity index (χ1v) is 7.88. The van der Waals surface area contributed by atoms with Crippen LogP contribution in [0.4, 0.5) is 0 Å². The third kappa shape index (κ3) is 3.34. The molecule has 1 unspecified atom stereocenters. The highest BCUT2D eigenvalue weighted by atomic mass is 32.2. The molecule has 0 aliphatic carbocycles. The summed E-state index contributed by atoms with van der Waals surface area (Å²) in [6.07, 6.45) is 2.01. The van der Waals surface area contributed by atoms with Crippen molar-refractivity contribution in [3.8, 4) is 11.6 Å². The molecule has 106 valence electrons. The number of rotatable bonds is 4. The van der Waals surface area contributed by atoms with Gasteiger partial charge in [0.25, 0.3) is 0 Å². The Hall–Kier alpha value is -1.92. The van der Waals surface area contributed by atoms with Crippen molar-refractivity contribution in [1.82, 2.24) is 4.98 Å². The minimum atomic E-state index is -3.23. The summed E-state index contributed by atoms with van der Waals surface area (Å²) >= 11 is 0. The third-order valence-corrected chi connectivity index (χ3v) is 3.85. The lowest BCUT2D eigenvalue weighted by atomic mass is 10.2. The van der Waals surface area contributed by atoms with Gasteiger partial charge in [-0.15, -0.1) is 0 Å². The molecule has 6 heteroatoms. The van der Waals surface area contributed by atoms with Gasteiger partial charge < -0.3 is 9.84 Å². The third-order valence-electron chi connectivity index (χ3n) is 2.72. The Labute approximate surface area is 117 Å². The van der Waals surface area contributed by atoms with Gasteiger partial charge >= 0.3 is 0 Å². The topological polar surface area (TPSA) is 76.5 Å². The fourth-order valence-corrected chi connectivity index (χ4v) is 2.30. The molecule has 0 saturated carbocycles. The summed E-state index contributed by atoms with van der Waals surface area (Å²) < 4.78 is 28.3. The lowest BCUT2D eigenvalue weighted by molar-refractivity contribution is 0.194. The average Bonchev–Trinajstić information content (AvgIpc) is 2.38. The monoisotopic (exact) mass is 293 g/mol. The van der Waals surface area contributed by atoms with Crippen LogP contribution in [0.3, 0.4) is 0 Å². The van der Waals surface area contributed by atoms with Gasteiger partial charge in [0, 0.05) is 18.0 Å². The molecule has 0 amide bonds. The molecule has 20 heavy (non-hydrogen) atoms. The van der Waals surface area contributed by atoms with Gasteiger partial charge in [-0.3, -0.25) is 0 Å². The Kier molecular flexibility index (Phi) is 4.06. The second-order valence-corrected chi connectivity index (χ2v) is 6.44. The number of sulfone groups is 1. The van der Waals surface area contributed by atoms with Gasteiger partial charge in [-0.2, -0.15) is 0 Å². The van der Waals surface area contributed by atoms with Crippen molar-refractivity contribution in [2.24, 2.45) is 0 Å². The molecule has 1 N–H and O–H groups in total. The molecule has 2 rings (SSSR count). The number of aromatic nitrogens is 1. The molecule has 2 aromatic rings. The van der Waals surface area contributed by atoms with Crippen molar-refractivity contribution < 1.29 is 18.3 Å². The molecule has 1 aromatic carbocycles. The number of aliphatic hydroxyl groups excluding tert-OH is 1. The van der Waals surface area contributed by atoms with Crippen molar-refractivity contribution in [2.75, 3.05) is 6.26 Å². The molecule has 1 heterocycles. The number of hydrogen-bond donors (Lipinski definition) is 1. The molecule has 0 bridgehead atoms. The fourth-order valence-electron chi connectivity index (χ4n) is 1.67. The zero-order valence-electron chi connectivity index (χ0n) is 11.1. The van der Waals surface area contributed by atoms with Crippen molar-refractivity contribution >= 4 is 9.84 Å². The number of pyridine rings is 1. The van der Waals surface area contributed by atoms with Crippen LogP contribution in [-0.2, 0) is 9.84 Å². The number of nitrogens with zero attached hydrogens (tertiary/aromatic N) is 1. The van der Waals surface area contributed by atoms with Gasteiger partial charge in [0.15, 0.2) is 9.84 Å². The van der Waals surface area contributed by atoms with Gasteiger partial charge in [-0.1, -0.05) is 0 Å². The second-order valence-electron chi connectivity index (χ2n) is 4.42. The summed E-state index contributed by atoms with van der Waals surface area (Å²) in [6.45, 7) is 1.62. The second kappa shape index (κ2) is 5.60. The molecule has 1 aromatic heterocycles. The Bertz CT molecular complexity index is 693. The van der Waals surface area contributed by atoms with Crippen LogP contribution in [0.2, 0.25) is 0 Å². The van der Waals surface area contributed by atoms with Crippen LogP contribution in [0.1, 0.15) is 18.6 Å². The molecule has 1 atom stereocenters. The minimum absolute atomic E-state index is 0.224. The fraction of sp³-hybridized carbons (Fsp3) is 0.214. The van der Waals surface area contributed by atoms with Crippen molar-refractivity contribution in [1.29, 1.82) is 0 Å². The molecule has 5 nitrogen and oxygen atoms in total. The lowest BCUT2D eigenvalue weighted by Gasteiger charge is -2.11. The normalized spacial score (nSPS) is 12.9. The van der Waals surface area contributed by atoms with E-state index < -0.39 is 15.9 Å². The summed E-state index contributed by atoms with van der Waals surface area (Å²) in [5.74, 6) is 0.757. The number of benzene rings is 1. The number of ether oxygens (including phenoxy) is 1. The maximum atomic E-state index is 11.4.